The van der Waals surface area contributed by atoms with Crippen molar-refractivity contribution in [3.05, 3.63) is 34.1 Å². The Hall–Kier alpha value is -0.940. The highest BCUT2D eigenvalue weighted by atomic mass is 79.9. The highest BCUT2D eigenvalue weighted by Crippen LogP contribution is 2.30. The smallest absolute Gasteiger partial charge is 0.255 e. The van der Waals surface area contributed by atoms with Crippen molar-refractivity contribution < 1.29 is 9.18 Å². The molecule has 0 aromatic heterocycles. The number of rotatable bonds is 4. The van der Waals surface area contributed by atoms with Crippen LogP contribution >= 0.6 is 15.9 Å². The first-order valence-corrected chi connectivity index (χ1v) is 8.34. The summed E-state index contributed by atoms with van der Waals surface area (Å²) in [6, 6.07) is 4.75. The highest BCUT2D eigenvalue weighted by molar-refractivity contribution is 9.10. The number of carbonyl (C=O) groups is 1. The van der Waals surface area contributed by atoms with Crippen LogP contribution in [0.2, 0.25) is 0 Å². The van der Waals surface area contributed by atoms with E-state index < -0.39 is 5.82 Å². The third-order valence-electron chi connectivity index (χ3n) is 4.36. The van der Waals surface area contributed by atoms with E-state index in [4.69, 9.17) is 5.73 Å². The van der Waals surface area contributed by atoms with Gasteiger partial charge >= 0.3 is 0 Å². The number of hydrogen-bond donors (Lipinski definition) is 1. The van der Waals surface area contributed by atoms with Gasteiger partial charge in [0.25, 0.3) is 5.91 Å². The van der Waals surface area contributed by atoms with Crippen LogP contribution in [0, 0.1) is 11.7 Å². The second kappa shape index (κ2) is 7.36. The lowest BCUT2D eigenvalue weighted by Gasteiger charge is -2.39. The number of amides is 1. The molecule has 0 bridgehead atoms. The average molecular weight is 357 g/mol. The number of nitrogens with two attached hydrogens (primary N) is 1. The third-order valence-corrected chi connectivity index (χ3v) is 5.16. The Kier molecular flexibility index (Phi) is 5.76. The molecule has 0 radical (unpaired) electrons. The van der Waals surface area contributed by atoms with Crippen LogP contribution < -0.4 is 5.73 Å². The summed E-state index contributed by atoms with van der Waals surface area (Å²) in [5.41, 5.74) is 6.26. The van der Waals surface area contributed by atoms with Crippen molar-refractivity contribution in [3.8, 4) is 0 Å². The molecular formula is C16H22BrFN2O. The maximum absolute atomic E-state index is 13.7. The number of halogens is 2. The standard InChI is InChI=1S/C16H22BrFN2O/c1-2-20(14-9-4-3-6-11(14)10-19)16(21)12-7-5-8-13(18)15(12)17/h5,7-8,11,14H,2-4,6,9-10,19H2,1H3. The SMILES string of the molecule is CCN(C(=O)c1cccc(F)c1Br)C1CCCCC1CN. The maximum Gasteiger partial charge on any atom is 0.255 e. The molecule has 5 heteroatoms. The molecule has 2 rings (SSSR count). The Bertz CT molecular complexity index is 509. The zero-order valence-electron chi connectivity index (χ0n) is 12.3. The zero-order valence-corrected chi connectivity index (χ0v) is 13.9. The molecular weight excluding hydrogens is 335 g/mol. The molecule has 2 N–H and O–H groups in total. The van der Waals surface area contributed by atoms with Gasteiger partial charge in [0.15, 0.2) is 0 Å². The van der Waals surface area contributed by atoms with Gasteiger partial charge in [0.05, 0.1) is 10.0 Å². The molecule has 2 atom stereocenters. The molecule has 3 nitrogen and oxygen atoms in total. The van der Waals surface area contributed by atoms with Crippen LogP contribution in [0.3, 0.4) is 0 Å². The molecule has 1 aromatic carbocycles. The monoisotopic (exact) mass is 356 g/mol. The van der Waals surface area contributed by atoms with Crippen molar-refractivity contribution in [3.63, 3.8) is 0 Å². The summed E-state index contributed by atoms with van der Waals surface area (Å²) in [7, 11) is 0. The van der Waals surface area contributed by atoms with Gasteiger partial charge in [-0.3, -0.25) is 4.79 Å². The molecule has 116 valence electrons. The maximum atomic E-state index is 13.7. The van der Waals surface area contributed by atoms with Crippen molar-refractivity contribution in [2.24, 2.45) is 11.7 Å². The average Bonchev–Trinajstić information content (AvgIpc) is 2.51. The van der Waals surface area contributed by atoms with E-state index in [1.54, 1.807) is 12.1 Å². The normalized spacial score (nSPS) is 22.1. The van der Waals surface area contributed by atoms with E-state index in [9.17, 15) is 9.18 Å². The molecule has 1 aliphatic rings. The molecule has 0 spiro atoms. The van der Waals surface area contributed by atoms with Gasteiger partial charge in [-0.15, -0.1) is 0 Å². The predicted molar refractivity (Wildman–Crippen MR) is 85.6 cm³/mol. The number of benzene rings is 1. The lowest BCUT2D eigenvalue weighted by atomic mass is 9.83. The summed E-state index contributed by atoms with van der Waals surface area (Å²) < 4.78 is 13.9. The molecule has 2 unspecified atom stereocenters. The first-order valence-electron chi connectivity index (χ1n) is 7.55. The lowest BCUT2D eigenvalue weighted by Crippen LogP contribution is -2.48. The Morgan fingerprint density at radius 3 is 2.81 bits per heavy atom. The molecule has 1 fully saturated rings. The second-order valence-electron chi connectivity index (χ2n) is 5.54. The molecule has 0 saturated heterocycles. The van der Waals surface area contributed by atoms with E-state index in [0.717, 1.165) is 19.3 Å². The largest absolute Gasteiger partial charge is 0.336 e. The molecule has 0 aliphatic heterocycles. The van der Waals surface area contributed by atoms with Gasteiger partial charge in [0.2, 0.25) is 0 Å². The van der Waals surface area contributed by atoms with Crippen molar-refractivity contribution in [2.75, 3.05) is 13.1 Å². The summed E-state index contributed by atoms with van der Waals surface area (Å²) in [5.74, 6) is -0.180. The molecule has 1 amide bonds. The third kappa shape index (κ3) is 3.46. The van der Waals surface area contributed by atoms with Crippen LogP contribution in [0.5, 0.6) is 0 Å². The fourth-order valence-electron chi connectivity index (χ4n) is 3.23. The van der Waals surface area contributed by atoms with E-state index in [1.165, 1.54) is 12.5 Å². The second-order valence-corrected chi connectivity index (χ2v) is 6.33. The van der Waals surface area contributed by atoms with Gasteiger partial charge in [0.1, 0.15) is 5.82 Å². The fourth-order valence-corrected chi connectivity index (χ4v) is 3.66. The van der Waals surface area contributed by atoms with Crippen LogP contribution in [0.25, 0.3) is 0 Å². The van der Waals surface area contributed by atoms with Gasteiger partial charge in [-0.2, -0.15) is 0 Å². The van der Waals surface area contributed by atoms with Gasteiger partial charge in [-0.05, 0) is 60.3 Å². The van der Waals surface area contributed by atoms with Crippen molar-refractivity contribution in [1.29, 1.82) is 0 Å². The highest BCUT2D eigenvalue weighted by Gasteiger charge is 2.32. The number of carbonyl (C=O) groups excluding carboxylic acids is 1. The topological polar surface area (TPSA) is 46.3 Å². The Morgan fingerprint density at radius 2 is 2.14 bits per heavy atom. The van der Waals surface area contributed by atoms with Crippen molar-refractivity contribution >= 4 is 21.8 Å². The van der Waals surface area contributed by atoms with Crippen molar-refractivity contribution in [1.82, 2.24) is 4.90 Å². The summed E-state index contributed by atoms with van der Waals surface area (Å²) in [4.78, 5) is 14.7. The van der Waals surface area contributed by atoms with Gasteiger partial charge in [0, 0.05) is 12.6 Å². The van der Waals surface area contributed by atoms with Crippen LogP contribution in [0.4, 0.5) is 4.39 Å². The molecule has 1 aliphatic carbocycles. The fraction of sp³-hybridized carbons (Fsp3) is 0.562. The minimum Gasteiger partial charge on any atom is -0.336 e. The van der Waals surface area contributed by atoms with Crippen LogP contribution in [-0.2, 0) is 0 Å². The molecule has 21 heavy (non-hydrogen) atoms. The lowest BCUT2D eigenvalue weighted by molar-refractivity contribution is 0.0558. The summed E-state index contributed by atoms with van der Waals surface area (Å²) in [6.07, 6.45) is 4.34. The quantitative estimate of drug-likeness (QED) is 0.896. The Morgan fingerprint density at radius 1 is 1.43 bits per heavy atom. The van der Waals surface area contributed by atoms with E-state index in [1.807, 2.05) is 11.8 Å². The minimum absolute atomic E-state index is 0.116. The van der Waals surface area contributed by atoms with Crippen molar-refractivity contribution in [2.45, 2.75) is 38.6 Å². The first-order chi connectivity index (χ1) is 10.1. The summed E-state index contributed by atoms with van der Waals surface area (Å²) >= 11 is 3.19. The van der Waals surface area contributed by atoms with Crippen LogP contribution in [0.1, 0.15) is 43.0 Å². The number of nitrogens with zero attached hydrogens (tertiary/aromatic N) is 1. The van der Waals surface area contributed by atoms with E-state index in [0.29, 0.717) is 24.6 Å². The van der Waals surface area contributed by atoms with E-state index in [-0.39, 0.29) is 16.4 Å². The minimum atomic E-state index is -0.407. The molecule has 1 saturated carbocycles. The first kappa shape index (κ1) is 16.4. The van der Waals surface area contributed by atoms with Gasteiger partial charge in [-0.1, -0.05) is 18.9 Å². The van der Waals surface area contributed by atoms with Crippen LogP contribution in [0.15, 0.2) is 22.7 Å². The summed E-state index contributed by atoms with van der Waals surface area (Å²) in [5, 5.41) is 0. The predicted octanol–water partition coefficient (Wildman–Crippen LogP) is 3.57. The number of hydrogen-bond acceptors (Lipinski definition) is 2. The van der Waals surface area contributed by atoms with Gasteiger partial charge in [-0.25, -0.2) is 4.39 Å². The van der Waals surface area contributed by atoms with E-state index in [2.05, 4.69) is 15.9 Å². The molecule has 0 heterocycles. The Balaban J connectivity index is 2.27. The van der Waals surface area contributed by atoms with Crippen LogP contribution in [-0.4, -0.2) is 29.9 Å². The molecule has 1 aromatic rings. The van der Waals surface area contributed by atoms with Gasteiger partial charge < -0.3 is 10.6 Å². The Labute approximate surface area is 133 Å². The summed E-state index contributed by atoms with van der Waals surface area (Å²) in [6.45, 7) is 3.18. The zero-order chi connectivity index (χ0) is 15.4. The van der Waals surface area contributed by atoms with E-state index >= 15 is 0 Å².